The van der Waals surface area contributed by atoms with E-state index in [-0.39, 0.29) is 0 Å². The number of halogens is 3. The van der Waals surface area contributed by atoms with Gasteiger partial charge in [-0.1, -0.05) is 18.2 Å². The zero-order valence-corrected chi connectivity index (χ0v) is 10.2. The lowest BCUT2D eigenvalue weighted by Crippen LogP contribution is -2.23. The van der Waals surface area contributed by atoms with Crippen molar-refractivity contribution >= 4 is 5.97 Å². The molecule has 0 saturated carbocycles. The minimum absolute atomic E-state index is 0.355. The maximum Gasteiger partial charge on any atom is 0.416 e. The number of carboxylic acid groups (broad SMARTS) is 1. The van der Waals surface area contributed by atoms with E-state index in [4.69, 9.17) is 5.11 Å². The Bertz CT molecular complexity index is 473. The Labute approximate surface area is 108 Å². The van der Waals surface area contributed by atoms with Gasteiger partial charge in [0, 0.05) is 13.1 Å². The molecule has 1 saturated heterocycles. The molecule has 3 nitrogen and oxygen atoms in total. The van der Waals surface area contributed by atoms with Gasteiger partial charge in [0.25, 0.3) is 0 Å². The Morgan fingerprint density at radius 2 is 2.16 bits per heavy atom. The van der Waals surface area contributed by atoms with E-state index in [0.29, 0.717) is 31.6 Å². The average Bonchev–Trinajstić information content (AvgIpc) is 2.77. The van der Waals surface area contributed by atoms with E-state index < -0.39 is 23.6 Å². The summed E-state index contributed by atoms with van der Waals surface area (Å²) in [6.07, 6.45) is -3.79. The number of hydrogen-bond acceptors (Lipinski definition) is 2. The van der Waals surface area contributed by atoms with Crippen molar-refractivity contribution in [3.63, 3.8) is 0 Å². The van der Waals surface area contributed by atoms with Crippen molar-refractivity contribution in [1.82, 2.24) is 4.90 Å². The fourth-order valence-corrected chi connectivity index (χ4v) is 2.28. The van der Waals surface area contributed by atoms with Crippen molar-refractivity contribution in [3.8, 4) is 0 Å². The quantitative estimate of drug-likeness (QED) is 0.920. The van der Waals surface area contributed by atoms with Crippen LogP contribution >= 0.6 is 0 Å². The summed E-state index contributed by atoms with van der Waals surface area (Å²) in [6, 6.07) is 5.16. The molecule has 1 N–H and O–H groups in total. The predicted octanol–water partition coefficient (Wildman–Crippen LogP) is 2.61. The van der Waals surface area contributed by atoms with Crippen molar-refractivity contribution in [2.24, 2.45) is 5.92 Å². The molecular formula is C13H14F3NO2. The number of alkyl halides is 3. The van der Waals surface area contributed by atoms with Gasteiger partial charge in [0.2, 0.25) is 0 Å². The van der Waals surface area contributed by atoms with E-state index in [2.05, 4.69) is 0 Å². The van der Waals surface area contributed by atoms with E-state index in [1.165, 1.54) is 6.07 Å². The molecule has 6 heteroatoms. The first-order valence-electron chi connectivity index (χ1n) is 5.97. The van der Waals surface area contributed by atoms with Crippen LogP contribution in [0.1, 0.15) is 17.5 Å². The first-order valence-corrected chi connectivity index (χ1v) is 5.97. The van der Waals surface area contributed by atoms with E-state index in [1.54, 1.807) is 6.07 Å². The highest BCUT2D eigenvalue weighted by Gasteiger charge is 2.31. The molecule has 1 aliphatic rings. The van der Waals surface area contributed by atoms with Crippen LogP contribution in [0.2, 0.25) is 0 Å². The van der Waals surface area contributed by atoms with Gasteiger partial charge in [-0.25, -0.2) is 0 Å². The topological polar surface area (TPSA) is 40.5 Å². The number of aliphatic carboxylic acids is 1. The van der Waals surface area contributed by atoms with Gasteiger partial charge in [-0.15, -0.1) is 0 Å². The van der Waals surface area contributed by atoms with Crippen LogP contribution < -0.4 is 0 Å². The molecule has 1 fully saturated rings. The molecule has 1 atom stereocenters. The maximum atomic E-state index is 12.6. The Morgan fingerprint density at radius 3 is 2.74 bits per heavy atom. The minimum Gasteiger partial charge on any atom is -0.481 e. The third-order valence-corrected chi connectivity index (χ3v) is 3.28. The standard InChI is InChI=1S/C13H14F3NO2/c14-13(15,16)11-3-1-2-9(6-11)7-17-5-4-10(8-17)12(18)19/h1-3,6,10H,4-5,7-8H2,(H,18,19)/t10-/m1/s1. The van der Waals surface area contributed by atoms with Gasteiger partial charge in [0.15, 0.2) is 0 Å². The second-order valence-electron chi connectivity index (χ2n) is 4.76. The van der Waals surface area contributed by atoms with Gasteiger partial charge in [0.1, 0.15) is 0 Å². The molecule has 2 rings (SSSR count). The SMILES string of the molecule is O=C(O)[C@@H]1CCN(Cc2cccc(C(F)(F)F)c2)C1. The number of likely N-dealkylation sites (tertiary alicyclic amines) is 1. The van der Waals surface area contributed by atoms with Crippen molar-refractivity contribution in [1.29, 1.82) is 0 Å². The van der Waals surface area contributed by atoms with Crippen LogP contribution in [0.15, 0.2) is 24.3 Å². The Kier molecular flexibility index (Phi) is 3.80. The summed E-state index contributed by atoms with van der Waals surface area (Å²) < 4.78 is 37.7. The van der Waals surface area contributed by atoms with Crippen molar-refractivity contribution in [2.45, 2.75) is 19.1 Å². The largest absolute Gasteiger partial charge is 0.481 e. The third kappa shape index (κ3) is 3.47. The Hall–Kier alpha value is -1.56. The summed E-state index contributed by atoms with van der Waals surface area (Å²) >= 11 is 0. The lowest BCUT2D eigenvalue weighted by molar-refractivity contribution is -0.141. The van der Waals surface area contributed by atoms with Crippen molar-refractivity contribution < 1.29 is 23.1 Å². The molecule has 0 amide bonds. The minimum atomic E-state index is -4.34. The summed E-state index contributed by atoms with van der Waals surface area (Å²) in [4.78, 5) is 12.7. The first-order chi connectivity index (χ1) is 8.86. The molecular weight excluding hydrogens is 259 g/mol. The van der Waals surface area contributed by atoms with Crippen LogP contribution in [0.5, 0.6) is 0 Å². The Morgan fingerprint density at radius 1 is 1.42 bits per heavy atom. The maximum absolute atomic E-state index is 12.6. The fraction of sp³-hybridized carbons (Fsp3) is 0.462. The normalized spacial score (nSPS) is 20.7. The summed E-state index contributed by atoms with van der Waals surface area (Å²) in [5, 5.41) is 8.87. The number of benzene rings is 1. The fourth-order valence-electron chi connectivity index (χ4n) is 2.28. The number of carbonyl (C=O) groups is 1. The first kappa shape index (κ1) is 13.9. The van der Waals surface area contributed by atoms with Gasteiger partial charge in [0.05, 0.1) is 11.5 Å². The van der Waals surface area contributed by atoms with Crippen molar-refractivity contribution in [2.75, 3.05) is 13.1 Å². The summed E-state index contributed by atoms with van der Waals surface area (Å²) in [5.41, 5.74) is -0.111. The van der Waals surface area contributed by atoms with E-state index in [0.717, 1.165) is 12.1 Å². The monoisotopic (exact) mass is 273 g/mol. The van der Waals surface area contributed by atoms with Gasteiger partial charge >= 0.3 is 12.1 Å². The summed E-state index contributed by atoms with van der Waals surface area (Å²) in [7, 11) is 0. The van der Waals surface area contributed by atoms with E-state index >= 15 is 0 Å². The van der Waals surface area contributed by atoms with Gasteiger partial charge in [-0.2, -0.15) is 13.2 Å². The lowest BCUT2D eigenvalue weighted by atomic mass is 10.1. The van der Waals surface area contributed by atoms with Gasteiger partial charge in [-0.05, 0) is 24.6 Å². The molecule has 1 aromatic rings. The molecule has 0 unspecified atom stereocenters. The lowest BCUT2D eigenvalue weighted by Gasteiger charge is -2.16. The second-order valence-corrected chi connectivity index (χ2v) is 4.76. The Balaban J connectivity index is 2.03. The molecule has 19 heavy (non-hydrogen) atoms. The van der Waals surface area contributed by atoms with Crippen LogP contribution in [0.25, 0.3) is 0 Å². The van der Waals surface area contributed by atoms with Gasteiger partial charge < -0.3 is 5.11 Å². The number of hydrogen-bond donors (Lipinski definition) is 1. The predicted molar refractivity (Wildman–Crippen MR) is 62.5 cm³/mol. The molecule has 104 valence electrons. The second kappa shape index (κ2) is 5.21. The summed E-state index contributed by atoms with van der Waals surface area (Å²) in [6.45, 7) is 1.35. The van der Waals surface area contributed by atoms with Crippen LogP contribution in [-0.4, -0.2) is 29.1 Å². The van der Waals surface area contributed by atoms with Crippen LogP contribution in [0, 0.1) is 5.92 Å². The number of carboxylic acids is 1. The molecule has 0 aliphatic carbocycles. The van der Waals surface area contributed by atoms with Crippen LogP contribution in [0.3, 0.4) is 0 Å². The highest BCUT2D eigenvalue weighted by Crippen LogP contribution is 2.30. The van der Waals surface area contributed by atoms with Gasteiger partial charge in [-0.3, -0.25) is 9.69 Å². The smallest absolute Gasteiger partial charge is 0.416 e. The number of nitrogens with zero attached hydrogens (tertiary/aromatic N) is 1. The molecule has 0 spiro atoms. The van der Waals surface area contributed by atoms with Crippen LogP contribution in [0.4, 0.5) is 13.2 Å². The van der Waals surface area contributed by atoms with Crippen molar-refractivity contribution in [3.05, 3.63) is 35.4 Å². The van der Waals surface area contributed by atoms with E-state index in [1.807, 2.05) is 4.90 Å². The number of rotatable bonds is 3. The molecule has 0 aromatic heterocycles. The average molecular weight is 273 g/mol. The highest BCUT2D eigenvalue weighted by atomic mass is 19.4. The third-order valence-electron chi connectivity index (χ3n) is 3.28. The molecule has 1 heterocycles. The molecule has 1 aliphatic heterocycles. The van der Waals surface area contributed by atoms with Crippen LogP contribution in [-0.2, 0) is 17.5 Å². The zero-order valence-electron chi connectivity index (χ0n) is 10.2. The molecule has 1 aromatic carbocycles. The molecule has 0 radical (unpaired) electrons. The highest BCUT2D eigenvalue weighted by molar-refractivity contribution is 5.70. The summed E-state index contributed by atoms with van der Waals surface area (Å²) in [5.74, 6) is -1.25. The van der Waals surface area contributed by atoms with E-state index in [9.17, 15) is 18.0 Å². The molecule has 0 bridgehead atoms. The zero-order chi connectivity index (χ0) is 14.0.